The first-order chi connectivity index (χ1) is 9.70. The van der Waals surface area contributed by atoms with Gasteiger partial charge in [-0.15, -0.1) is 23.5 Å². The van der Waals surface area contributed by atoms with Crippen LogP contribution in [0.2, 0.25) is 0 Å². The number of nitrogens with one attached hydrogen (secondary N) is 1. The summed E-state index contributed by atoms with van der Waals surface area (Å²) in [6.07, 6.45) is 2.55. The van der Waals surface area contributed by atoms with Crippen LogP contribution in [0, 0.1) is 0 Å². The standard InChI is InChI=1S/C13H16N2O3S2/c1-18-10-3-4-11(16)9(7-10)8-14-15-12(17)13-19-5-2-6-20-13/h3-4,7-8,13,16H,2,5-6H2,1H3,(H,15,17)/b14-8+. The number of hydrogen-bond donors (Lipinski definition) is 2. The van der Waals surface area contributed by atoms with Gasteiger partial charge in [0.15, 0.2) is 0 Å². The lowest BCUT2D eigenvalue weighted by Crippen LogP contribution is -2.29. The molecule has 1 amide bonds. The Morgan fingerprint density at radius 3 is 2.95 bits per heavy atom. The molecule has 1 aromatic carbocycles. The van der Waals surface area contributed by atoms with Crippen molar-refractivity contribution in [3.8, 4) is 11.5 Å². The van der Waals surface area contributed by atoms with E-state index in [0.29, 0.717) is 11.3 Å². The van der Waals surface area contributed by atoms with Gasteiger partial charge < -0.3 is 9.84 Å². The van der Waals surface area contributed by atoms with E-state index in [9.17, 15) is 9.90 Å². The Labute approximate surface area is 126 Å². The molecule has 1 heterocycles. The molecule has 0 bridgehead atoms. The van der Waals surface area contributed by atoms with Crippen molar-refractivity contribution in [1.29, 1.82) is 0 Å². The molecule has 0 unspecified atom stereocenters. The Hall–Kier alpha value is -1.34. The van der Waals surface area contributed by atoms with E-state index < -0.39 is 0 Å². The van der Waals surface area contributed by atoms with Gasteiger partial charge in [-0.25, -0.2) is 5.43 Å². The van der Waals surface area contributed by atoms with Crippen LogP contribution in [0.15, 0.2) is 23.3 Å². The van der Waals surface area contributed by atoms with Crippen LogP contribution in [0.4, 0.5) is 0 Å². The van der Waals surface area contributed by atoms with Gasteiger partial charge in [0.1, 0.15) is 16.1 Å². The number of hydrazone groups is 1. The number of nitrogens with zero attached hydrogens (tertiary/aromatic N) is 1. The molecular weight excluding hydrogens is 296 g/mol. The summed E-state index contributed by atoms with van der Waals surface area (Å²) in [6, 6.07) is 4.82. The summed E-state index contributed by atoms with van der Waals surface area (Å²) < 4.78 is 4.97. The molecule has 108 valence electrons. The average Bonchev–Trinajstić information content (AvgIpc) is 2.50. The van der Waals surface area contributed by atoms with Crippen LogP contribution in [0.3, 0.4) is 0 Å². The molecule has 1 aliphatic heterocycles. The number of thioether (sulfide) groups is 2. The molecule has 2 rings (SSSR count). The summed E-state index contributed by atoms with van der Waals surface area (Å²) in [5, 5.41) is 13.6. The lowest BCUT2D eigenvalue weighted by molar-refractivity contribution is -0.119. The second kappa shape index (κ2) is 7.44. The molecule has 0 aromatic heterocycles. The molecule has 1 aromatic rings. The minimum Gasteiger partial charge on any atom is -0.507 e. The fourth-order valence-corrected chi connectivity index (χ4v) is 4.22. The summed E-state index contributed by atoms with van der Waals surface area (Å²) in [6.45, 7) is 0. The minimum atomic E-state index is -0.113. The minimum absolute atomic E-state index is 0.0882. The van der Waals surface area contributed by atoms with Crippen LogP contribution in [0.5, 0.6) is 11.5 Å². The van der Waals surface area contributed by atoms with Crippen molar-refractivity contribution in [2.45, 2.75) is 11.0 Å². The first kappa shape index (κ1) is 15.1. The SMILES string of the molecule is COc1ccc(O)c(/C=N/NC(=O)C2SCCCS2)c1. The highest BCUT2D eigenvalue weighted by molar-refractivity contribution is 8.18. The monoisotopic (exact) mass is 312 g/mol. The van der Waals surface area contributed by atoms with Gasteiger partial charge in [-0.2, -0.15) is 5.10 Å². The molecule has 1 saturated heterocycles. The molecule has 1 aliphatic rings. The number of ether oxygens (including phenoxy) is 1. The third-order valence-corrected chi connectivity index (χ3v) is 5.55. The maximum Gasteiger partial charge on any atom is 0.263 e. The maximum absolute atomic E-state index is 11.8. The summed E-state index contributed by atoms with van der Waals surface area (Å²) in [5.41, 5.74) is 3.00. The van der Waals surface area contributed by atoms with Gasteiger partial charge in [0, 0.05) is 5.56 Å². The highest BCUT2D eigenvalue weighted by atomic mass is 32.2. The maximum atomic E-state index is 11.8. The second-order valence-electron chi connectivity index (χ2n) is 4.09. The van der Waals surface area contributed by atoms with Crippen molar-refractivity contribution in [2.75, 3.05) is 18.6 Å². The van der Waals surface area contributed by atoms with E-state index in [1.807, 2.05) is 0 Å². The predicted octanol–water partition coefficient (Wildman–Crippen LogP) is 2.05. The molecule has 0 radical (unpaired) electrons. The zero-order chi connectivity index (χ0) is 14.4. The number of hydrogen-bond acceptors (Lipinski definition) is 6. The number of carbonyl (C=O) groups is 1. The van der Waals surface area contributed by atoms with Gasteiger partial charge in [-0.3, -0.25) is 4.79 Å². The van der Waals surface area contributed by atoms with Gasteiger partial charge in [0.25, 0.3) is 5.91 Å². The van der Waals surface area contributed by atoms with Crippen molar-refractivity contribution in [2.24, 2.45) is 5.10 Å². The van der Waals surface area contributed by atoms with Gasteiger partial charge >= 0.3 is 0 Å². The van der Waals surface area contributed by atoms with Gasteiger partial charge in [-0.1, -0.05) is 0 Å². The molecule has 20 heavy (non-hydrogen) atoms. The Morgan fingerprint density at radius 2 is 2.25 bits per heavy atom. The number of phenols is 1. The number of carbonyl (C=O) groups excluding carboxylic acids is 1. The van der Waals surface area contributed by atoms with Crippen molar-refractivity contribution in [3.63, 3.8) is 0 Å². The van der Waals surface area contributed by atoms with Gasteiger partial charge in [0.2, 0.25) is 0 Å². The molecule has 5 nitrogen and oxygen atoms in total. The highest BCUT2D eigenvalue weighted by Gasteiger charge is 2.21. The molecule has 7 heteroatoms. The first-order valence-electron chi connectivity index (χ1n) is 6.14. The summed E-state index contributed by atoms with van der Waals surface area (Å²) in [4.78, 5) is 11.8. The van der Waals surface area contributed by atoms with Crippen LogP contribution in [-0.2, 0) is 4.79 Å². The highest BCUT2D eigenvalue weighted by Crippen LogP contribution is 2.30. The smallest absolute Gasteiger partial charge is 0.263 e. The van der Waals surface area contributed by atoms with Crippen molar-refractivity contribution in [1.82, 2.24) is 5.43 Å². The first-order valence-corrected chi connectivity index (χ1v) is 8.23. The fourth-order valence-electron chi connectivity index (χ4n) is 1.62. The van der Waals surface area contributed by atoms with Crippen molar-refractivity contribution in [3.05, 3.63) is 23.8 Å². The summed E-state index contributed by atoms with van der Waals surface area (Å²) in [7, 11) is 1.55. The largest absolute Gasteiger partial charge is 0.507 e. The molecule has 1 fully saturated rings. The van der Waals surface area contributed by atoms with E-state index in [-0.39, 0.29) is 16.2 Å². The molecule has 0 spiro atoms. The molecule has 0 atom stereocenters. The Morgan fingerprint density at radius 1 is 1.50 bits per heavy atom. The van der Waals surface area contributed by atoms with Crippen LogP contribution < -0.4 is 10.2 Å². The Balaban J connectivity index is 1.94. The van der Waals surface area contributed by atoms with Crippen molar-refractivity contribution >= 4 is 35.6 Å². The fraction of sp³-hybridized carbons (Fsp3) is 0.385. The number of amides is 1. The third kappa shape index (κ3) is 4.08. The summed E-state index contributed by atoms with van der Waals surface area (Å²) in [5.74, 6) is 2.61. The Kier molecular flexibility index (Phi) is 5.60. The zero-order valence-corrected chi connectivity index (χ0v) is 12.7. The van der Waals surface area contributed by atoms with Crippen LogP contribution >= 0.6 is 23.5 Å². The van der Waals surface area contributed by atoms with E-state index in [4.69, 9.17) is 4.74 Å². The molecule has 2 N–H and O–H groups in total. The topological polar surface area (TPSA) is 70.9 Å². The molecule has 0 saturated carbocycles. The summed E-state index contributed by atoms with van der Waals surface area (Å²) >= 11 is 3.27. The normalized spacial score (nSPS) is 16.2. The zero-order valence-electron chi connectivity index (χ0n) is 11.0. The lowest BCUT2D eigenvalue weighted by atomic mass is 10.2. The number of rotatable bonds is 4. The van der Waals surface area contributed by atoms with Crippen LogP contribution in [0.1, 0.15) is 12.0 Å². The van der Waals surface area contributed by atoms with Crippen LogP contribution in [-0.4, -0.2) is 40.4 Å². The number of benzene rings is 1. The Bertz CT molecular complexity index is 502. The van der Waals surface area contributed by atoms with E-state index in [2.05, 4.69) is 10.5 Å². The predicted molar refractivity (Wildman–Crippen MR) is 83.7 cm³/mol. The van der Waals surface area contributed by atoms with E-state index >= 15 is 0 Å². The van der Waals surface area contributed by atoms with Crippen molar-refractivity contribution < 1.29 is 14.6 Å². The number of phenolic OH excluding ortho intramolecular Hbond substituents is 1. The molecular formula is C13H16N2O3S2. The van der Waals surface area contributed by atoms with Crippen LogP contribution in [0.25, 0.3) is 0 Å². The van der Waals surface area contributed by atoms with E-state index in [1.54, 1.807) is 42.8 Å². The van der Waals surface area contributed by atoms with Gasteiger partial charge in [0.05, 0.1) is 13.3 Å². The average molecular weight is 312 g/mol. The third-order valence-electron chi connectivity index (χ3n) is 2.65. The van der Waals surface area contributed by atoms with Gasteiger partial charge in [-0.05, 0) is 36.1 Å². The van der Waals surface area contributed by atoms with E-state index in [1.165, 1.54) is 12.3 Å². The number of methoxy groups -OCH3 is 1. The van der Waals surface area contributed by atoms with E-state index in [0.717, 1.165) is 17.9 Å². The second-order valence-corrected chi connectivity index (χ2v) is 6.81. The lowest BCUT2D eigenvalue weighted by Gasteiger charge is -2.18. The molecule has 0 aliphatic carbocycles. The number of aromatic hydroxyl groups is 1. The quantitative estimate of drug-likeness (QED) is 0.658.